The Kier molecular flexibility index (Phi) is 4.65. The van der Waals surface area contributed by atoms with Crippen molar-refractivity contribution in [3.8, 4) is 0 Å². The molecule has 1 aromatic heterocycles. The predicted octanol–water partition coefficient (Wildman–Crippen LogP) is 5.81. The number of thiocarbonyl (C=S) groups is 1. The van der Waals surface area contributed by atoms with Crippen molar-refractivity contribution < 1.29 is 9.59 Å². The summed E-state index contributed by atoms with van der Waals surface area (Å²) in [5.41, 5.74) is 4.57. The Morgan fingerprint density at radius 2 is 1.62 bits per heavy atom. The van der Waals surface area contributed by atoms with Crippen LogP contribution < -0.4 is 4.90 Å². The van der Waals surface area contributed by atoms with Crippen LogP contribution in [0.2, 0.25) is 0 Å². The molecule has 39 heavy (non-hydrogen) atoms. The number of thioether (sulfide) groups is 2. The molecular weight excluding hydrogens is 545 g/mol. The van der Waals surface area contributed by atoms with Crippen molar-refractivity contribution in [1.82, 2.24) is 14.8 Å². The van der Waals surface area contributed by atoms with Crippen molar-refractivity contribution in [2.24, 2.45) is 0 Å². The number of anilines is 2. The fourth-order valence-corrected chi connectivity index (χ4v) is 11.0. The Hall–Kier alpha value is -3.27. The van der Waals surface area contributed by atoms with Gasteiger partial charge in [0.25, 0.3) is 11.8 Å². The lowest BCUT2D eigenvalue weighted by Crippen LogP contribution is -2.72. The number of nitrogens with one attached hydrogen (secondary N) is 1. The Bertz CT molecular complexity index is 1740. The van der Waals surface area contributed by atoms with Gasteiger partial charge in [-0.1, -0.05) is 90.3 Å². The van der Waals surface area contributed by atoms with Gasteiger partial charge in [0.15, 0.2) is 9.74 Å². The molecule has 4 unspecified atom stereocenters. The highest BCUT2D eigenvalue weighted by Crippen LogP contribution is 2.69. The monoisotopic (exact) mass is 568 g/mol. The predicted molar refractivity (Wildman–Crippen MR) is 161 cm³/mol. The zero-order chi connectivity index (χ0) is 26.7. The van der Waals surface area contributed by atoms with Gasteiger partial charge in [-0.3, -0.25) is 14.5 Å². The van der Waals surface area contributed by atoms with E-state index < -0.39 is 21.3 Å². The summed E-state index contributed by atoms with van der Waals surface area (Å²) in [6.07, 6.45) is 2.04. The van der Waals surface area contributed by atoms with Gasteiger partial charge in [0.2, 0.25) is 0 Å². The summed E-state index contributed by atoms with van der Waals surface area (Å²) >= 11 is 8.53. The quantitative estimate of drug-likeness (QED) is 0.308. The first-order chi connectivity index (χ1) is 18.8. The molecule has 3 aromatic carbocycles. The second kappa shape index (κ2) is 7.68. The number of aromatic nitrogens is 1. The molecule has 4 fully saturated rings. The van der Waals surface area contributed by atoms with E-state index in [1.165, 1.54) is 23.5 Å². The molecule has 0 saturated carbocycles. The largest absolute Gasteiger partial charge is 0.361 e. The minimum absolute atomic E-state index is 0.0685. The van der Waals surface area contributed by atoms with Crippen LogP contribution in [0.15, 0.2) is 85.1 Å². The average molecular weight is 569 g/mol. The highest BCUT2D eigenvalue weighted by atomic mass is 32.2. The molecule has 1 spiro atoms. The van der Waals surface area contributed by atoms with Gasteiger partial charge in [0.05, 0.1) is 5.41 Å². The number of carbonyl (C=O) groups excluding carboxylic acids is 2. The molecule has 2 bridgehead atoms. The molecule has 9 heteroatoms. The number of H-pyrrole nitrogens is 1. The summed E-state index contributed by atoms with van der Waals surface area (Å²) in [5.74, 6) is -0.150. The van der Waals surface area contributed by atoms with Gasteiger partial charge in [0, 0.05) is 41.9 Å². The number of hydrogen-bond donors (Lipinski definition) is 1. The molecule has 2 amide bonds. The van der Waals surface area contributed by atoms with Crippen molar-refractivity contribution in [2.45, 2.75) is 34.7 Å². The third kappa shape index (κ3) is 2.68. The molecule has 4 aromatic rings. The van der Waals surface area contributed by atoms with Gasteiger partial charge >= 0.3 is 0 Å². The third-order valence-corrected chi connectivity index (χ3v) is 12.0. The number of benzene rings is 3. The van der Waals surface area contributed by atoms with Crippen LogP contribution in [0.25, 0.3) is 10.9 Å². The van der Waals surface area contributed by atoms with E-state index in [2.05, 4.69) is 58.5 Å². The maximum Gasteiger partial charge on any atom is 0.262 e. The summed E-state index contributed by atoms with van der Waals surface area (Å²) in [6.45, 7) is 1.83. The van der Waals surface area contributed by atoms with Crippen molar-refractivity contribution in [3.05, 3.63) is 96.2 Å². The Labute approximate surface area is 239 Å². The van der Waals surface area contributed by atoms with Crippen LogP contribution in [0.3, 0.4) is 0 Å². The molecule has 4 saturated heterocycles. The van der Waals surface area contributed by atoms with E-state index in [0.717, 1.165) is 33.4 Å². The maximum atomic E-state index is 14.8. The highest BCUT2D eigenvalue weighted by Gasteiger charge is 2.77. The van der Waals surface area contributed by atoms with Crippen LogP contribution in [-0.2, 0) is 15.0 Å². The zero-order valence-electron chi connectivity index (χ0n) is 21.3. The highest BCUT2D eigenvalue weighted by molar-refractivity contribution is 8.48. The van der Waals surface area contributed by atoms with Crippen LogP contribution in [0.1, 0.15) is 24.5 Å². The summed E-state index contributed by atoms with van der Waals surface area (Å²) in [7, 11) is 1.75. The van der Waals surface area contributed by atoms with Crippen LogP contribution in [0.4, 0.5) is 11.4 Å². The van der Waals surface area contributed by atoms with E-state index in [-0.39, 0.29) is 11.8 Å². The van der Waals surface area contributed by atoms with Crippen molar-refractivity contribution >= 4 is 73.4 Å². The van der Waals surface area contributed by atoms with E-state index in [1.807, 2.05) is 48.2 Å². The fraction of sp³-hybridized carbons (Fsp3) is 0.233. The minimum atomic E-state index is -1.16. The molecule has 0 aliphatic carbocycles. The number of carbonyl (C=O) groups is 2. The number of likely N-dealkylation sites (N-methyl/N-ethyl adjacent to an activating group) is 1. The van der Waals surface area contributed by atoms with E-state index in [0.29, 0.717) is 9.95 Å². The minimum Gasteiger partial charge on any atom is -0.361 e. The van der Waals surface area contributed by atoms with Crippen molar-refractivity contribution in [1.29, 1.82) is 0 Å². The first kappa shape index (κ1) is 23.6. The number of aromatic amines is 1. The lowest BCUT2D eigenvalue weighted by molar-refractivity contribution is -0.163. The molecule has 1 N–H and O–H groups in total. The molecule has 5 aliphatic rings. The van der Waals surface area contributed by atoms with Crippen LogP contribution in [0, 0.1) is 0 Å². The normalized spacial score (nSPS) is 31.1. The van der Waals surface area contributed by atoms with E-state index in [1.54, 1.807) is 11.9 Å². The standard InChI is InChI=1S/C30H24N4O2S3/c1-28-25(35)34-24-29(21-16-31-22-14-8-6-12-19(21)22,17-30(34,26(36)32(28)2)39-27(37)38-28)20-13-7-9-15-23(20)33(24)18-10-4-3-5-11-18/h3-16,24,31H,17H2,1-2H3. The van der Waals surface area contributed by atoms with E-state index in [9.17, 15) is 9.59 Å². The average Bonchev–Trinajstić information content (AvgIpc) is 3.55. The first-order valence-corrected chi connectivity index (χ1v) is 14.9. The molecule has 6 heterocycles. The number of piperazine rings is 1. The number of para-hydroxylation sites is 3. The second-order valence-corrected chi connectivity index (χ2v) is 14.6. The van der Waals surface area contributed by atoms with Gasteiger partial charge in [-0.25, -0.2) is 0 Å². The molecule has 0 radical (unpaired) electrons. The number of hydrogen-bond acceptors (Lipinski definition) is 6. The topological polar surface area (TPSA) is 59.7 Å². The lowest BCUT2D eigenvalue weighted by atomic mass is 9.72. The van der Waals surface area contributed by atoms with Gasteiger partial charge in [0.1, 0.15) is 9.69 Å². The van der Waals surface area contributed by atoms with Crippen LogP contribution >= 0.6 is 35.7 Å². The first-order valence-electron chi connectivity index (χ1n) is 12.9. The fourth-order valence-electron chi connectivity index (χ4n) is 7.26. The molecule has 9 rings (SSSR count). The zero-order valence-corrected chi connectivity index (χ0v) is 23.7. The Morgan fingerprint density at radius 3 is 2.44 bits per heavy atom. The van der Waals surface area contributed by atoms with E-state index >= 15 is 0 Å². The van der Waals surface area contributed by atoms with Gasteiger partial charge in [-0.2, -0.15) is 0 Å². The SMILES string of the molecule is CN1C(=O)C23CC4(c5c[nH]c6ccccc56)c5ccccc5N(c5ccccc5)C4N2C(=O)C1(C)SC(=S)S3. The molecular formula is C30H24N4O2S3. The summed E-state index contributed by atoms with van der Waals surface area (Å²) < 4.78 is 0.625. The maximum absolute atomic E-state index is 14.8. The molecule has 194 valence electrons. The Balaban J connectivity index is 1.51. The molecule has 6 nitrogen and oxygen atoms in total. The van der Waals surface area contributed by atoms with Crippen LogP contribution in [-0.4, -0.2) is 53.1 Å². The number of amides is 2. The summed E-state index contributed by atoms with van der Waals surface area (Å²) in [6, 6.07) is 26.9. The number of rotatable bonds is 2. The van der Waals surface area contributed by atoms with Crippen LogP contribution in [0.5, 0.6) is 0 Å². The Morgan fingerprint density at radius 1 is 0.897 bits per heavy atom. The molecule has 5 aliphatic heterocycles. The van der Waals surface area contributed by atoms with Crippen molar-refractivity contribution in [3.63, 3.8) is 0 Å². The van der Waals surface area contributed by atoms with Gasteiger partial charge in [-0.05, 0) is 42.3 Å². The smallest absolute Gasteiger partial charge is 0.262 e. The van der Waals surface area contributed by atoms with E-state index in [4.69, 9.17) is 12.2 Å². The number of nitrogens with zero attached hydrogens (tertiary/aromatic N) is 3. The van der Waals surface area contributed by atoms with Gasteiger partial charge < -0.3 is 14.8 Å². The summed E-state index contributed by atoms with van der Waals surface area (Å²) in [4.78, 5) is 36.3. The molecule has 4 atom stereocenters. The second-order valence-electron chi connectivity index (χ2n) is 10.8. The third-order valence-electron chi connectivity index (χ3n) is 9.01. The van der Waals surface area contributed by atoms with Crippen molar-refractivity contribution in [2.75, 3.05) is 11.9 Å². The number of fused-ring (bicyclic) bond motifs is 7. The lowest BCUT2D eigenvalue weighted by Gasteiger charge is -2.51. The summed E-state index contributed by atoms with van der Waals surface area (Å²) in [5, 5.41) is 1.09. The van der Waals surface area contributed by atoms with Gasteiger partial charge in [-0.15, -0.1) is 0 Å².